The number of aromatic nitrogens is 2. The number of halogens is 1. The summed E-state index contributed by atoms with van der Waals surface area (Å²) in [6, 6.07) is 8.79. The van der Waals surface area contributed by atoms with Crippen molar-refractivity contribution in [2.45, 2.75) is 44.6 Å². The predicted octanol–water partition coefficient (Wildman–Crippen LogP) is 3.35. The van der Waals surface area contributed by atoms with Gasteiger partial charge in [-0.05, 0) is 24.0 Å². The van der Waals surface area contributed by atoms with E-state index in [0.29, 0.717) is 31.1 Å². The van der Waals surface area contributed by atoms with Crippen LogP contribution in [0.5, 0.6) is 6.01 Å². The molecule has 0 spiro atoms. The normalized spacial score (nSPS) is 24.5. The Kier molecular flexibility index (Phi) is 4.36. The third kappa shape index (κ3) is 3.07. The van der Waals surface area contributed by atoms with Crippen LogP contribution in [0.1, 0.15) is 38.7 Å². The van der Waals surface area contributed by atoms with Gasteiger partial charge in [-0.2, -0.15) is 0 Å². The molecule has 1 aromatic heterocycles. The van der Waals surface area contributed by atoms with E-state index in [4.69, 9.17) is 4.74 Å². The van der Waals surface area contributed by atoms with Crippen LogP contribution in [0.4, 0.5) is 4.39 Å². The number of rotatable bonds is 4. The molecule has 0 unspecified atom stereocenters. The van der Waals surface area contributed by atoms with E-state index in [0.717, 1.165) is 12.8 Å². The number of benzene rings is 1. The maximum absolute atomic E-state index is 14.5. The predicted molar refractivity (Wildman–Crippen MR) is 98.7 cm³/mol. The Labute approximate surface area is 158 Å². The van der Waals surface area contributed by atoms with Gasteiger partial charge in [0.1, 0.15) is 11.9 Å². The molecule has 1 aliphatic carbocycles. The summed E-state index contributed by atoms with van der Waals surface area (Å²) in [4.78, 5) is 23.5. The number of piperidine rings is 1. The Balaban J connectivity index is 1.46. The molecule has 1 aliphatic heterocycles. The number of hydrogen-bond donors (Lipinski definition) is 0. The molecule has 1 saturated carbocycles. The highest BCUT2D eigenvalue weighted by atomic mass is 19.1. The zero-order valence-corrected chi connectivity index (χ0v) is 15.7. The van der Waals surface area contributed by atoms with E-state index in [-0.39, 0.29) is 23.2 Å². The fraction of sp³-hybridized carbons (Fsp3) is 0.476. The lowest BCUT2D eigenvalue weighted by Crippen LogP contribution is -2.47. The molecule has 6 heteroatoms. The molecule has 142 valence electrons. The zero-order valence-electron chi connectivity index (χ0n) is 15.7. The van der Waals surface area contributed by atoms with Gasteiger partial charge in [0.25, 0.3) is 0 Å². The smallest absolute Gasteiger partial charge is 0.316 e. The van der Waals surface area contributed by atoms with Gasteiger partial charge in [-0.3, -0.25) is 4.79 Å². The number of amides is 1. The molecule has 2 fully saturated rings. The highest BCUT2D eigenvalue weighted by molar-refractivity contribution is 5.93. The molecule has 0 bridgehead atoms. The topological polar surface area (TPSA) is 55.3 Å². The molecule has 2 heterocycles. The van der Waals surface area contributed by atoms with Crippen molar-refractivity contribution in [1.82, 2.24) is 14.9 Å². The third-order valence-electron chi connectivity index (χ3n) is 5.98. The fourth-order valence-corrected chi connectivity index (χ4v) is 4.31. The van der Waals surface area contributed by atoms with Crippen LogP contribution in [0.2, 0.25) is 0 Å². The SMILES string of the molecule is CC1(C)C[C@]1(C(=O)N1CCC(Oc2ncccn2)CC1)c1ccccc1F. The number of likely N-dealkylation sites (tertiary alicyclic amines) is 1. The Morgan fingerprint density at radius 1 is 1.15 bits per heavy atom. The van der Waals surface area contributed by atoms with Crippen LogP contribution in [0, 0.1) is 11.2 Å². The van der Waals surface area contributed by atoms with Gasteiger partial charge in [-0.25, -0.2) is 14.4 Å². The maximum Gasteiger partial charge on any atom is 0.316 e. The van der Waals surface area contributed by atoms with Gasteiger partial charge in [0.2, 0.25) is 5.91 Å². The Morgan fingerprint density at radius 3 is 2.37 bits per heavy atom. The maximum atomic E-state index is 14.5. The van der Waals surface area contributed by atoms with Crippen molar-refractivity contribution in [1.29, 1.82) is 0 Å². The largest absolute Gasteiger partial charge is 0.460 e. The number of carbonyl (C=O) groups excluding carboxylic acids is 1. The number of carbonyl (C=O) groups is 1. The number of ether oxygens (including phenoxy) is 1. The second-order valence-corrected chi connectivity index (χ2v) is 8.09. The summed E-state index contributed by atoms with van der Waals surface area (Å²) in [6.07, 6.45) is 5.40. The summed E-state index contributed by atoms with van der Waals surface area (Å²) in [5.74, 6) is -0.261. The minimum Gasteiger partial charge on any atom is -0.460 e. The van der Waals surface area contributed by atoms with E-state index in [2.05, 4.69) is 9.97 Å². The van der Waals surface area contributed by atoms with Crippen molar-refractivity contribution in [3.63, 3.8) is 0 Å². The molecule has 1 saturated heterocycles. The standard InChI is InChI=1S/C21H24FN3O2/c1-20(2)14-21(20,16-6-3-4-7-17(16)22)18(26)25-12-8-15(9-13-25)27-19-23-10-5-11-24-19/h3-7,10-11,15H,8-9,12-14H2,1-2H3/t21-/m1/s1. The second-order valence-electron chi connectivity index (χ2n) is 8.09. The van der Waals surface area contributed by atoms with E-state index < -0.39 is 5.41 Å². The summed E-state index contributed by atoms with van der Waals surface area (Å²) in [7, 11) is 0. The summed E-state index contributed by atoms with van der Waals surface area (Å²) in [5.41, 5.74) is -0.470. The molecule has 1 amide bonds. The molecular weight excluding hydrogens is 345 g/mol. The van der Waals surface area contributed by atoms with E-state index in [1.807, 2.05) is 24.8 Å². The number of nitrogens with zero attached hydrogens (tertiary/aromatic N) is 3. The van der Waals surface area contributed by atoms with Gasteiger partial charge in [-0.15, -0.1) is 0 Å². The van der Waals surface area contributed by atoms with Gasteiger partial charge in [-0.1, -0.05) is 32.0 Å². The van der Waals surface area contributed by atoms with Gasteiger partial charge < -0.3 is 9.64 Å². The van der Waals surface area contributed by atoms with Crippen molar-refractivity contribution in [2.75, 3.05) is 13.1 Å². The van der Waals surface area contributed by atoms with Gasteiger partial charge in [0, 0.05) is 43.9 Å². The molecule has 2 aliphatic rings. The summed E-state index contributed by atoms with van der Waals surface area (Å²) in [6.45, 7) is 5.28. The molecule has 4 rings (SSSR count). The zero-order chi connectivity index (χ0) is 19.1. The van der Waals surface area contributed by atoms with Crippen LogP contribution in [0.3, 0.4) is 0 Å². The molecule has 5 nitrogen and oxygen atoms in total. The molecule has 2 aromatic rings. The van der Waals surface area contributed by atoms with Crippen molar-refractivity contribution >= 4 is 5.91 Å². The quantitative estimate of drug-likeness (QED) is 0.829. The molecular formula is C21H24FN3O2. The first-order valence-electron chi connectivity index (χ1n) is 9.42. The number of hydrogen-bond acceptors (Lipinski definition) is 4. The molecule has 1 atom stereocenters. The average Bonchev–Trinajstić information content (AvgIpc) is 3.26. The first kappa shape index (κ1) is 17.9. The van der Waals surface area contributed by atoms with Crippen LogP contribution in [0.15, 0.2) is 42.7 Å². The van der Waals surface area contributed by atoms with Crippen LogP contribution in [-0.4, -0.2) is 40.0 Å². The Bertz CT molecular complexity index is 834. The lowest BCUT2D eigenvalue weighted by atomic mass is 9.85. The van der Waals surface area contributed by atoms with Crippen LogP contribution >= 0.6 is 0 Å². The summed E-state index contributed by atoms with van der Waals surface area (Å²) < 4.78 is 20.3. The van der Waals surface area contributed by atoms with Crippen LogP contribution < -0.4 is 4.74 Å². The molecule has 0 radical (unpaired) electrons. The second kappa shape index (κ2) is 6.59. The third-order valence-corrected chi connectivity index (χ3v) is 5.98. The average molecular weight is 369 g/mol. The van der Waals surface area contributed by atoms with E-state index in [9.17, 15) is 9.18 Å². The fourth-order valence-electron chi connectivity index (χ4n) is 4.31. The minimum atomic E-state index is -0.755. The minimum absolute atomic E-state index is 0.00641. The molecule has 1 aromatic carbocycles. The Hall–Kier alpha value is -2.50. The van der Waals surface area contributed by atoms with E-state index >= 15 is 0 Å². The van der Waals surface area contributed by atoms with Crippen molar-refractivity contribution in [3.05, 3.63) is 54.1 Å². The lowest BCUT2D eigenvalue weighted by Gasteiger charge is -2.35. The van der Waals surface area contributed by atoms with Gasteiger partial charge in [0.05, 0.1) is 5.41 Å². The summed E-state index contributed by atoms with van der Waals surface area (Å²) in [5, 5.41) is 0. The van der Waals surface area contributed by atoms with Crippen LogP contribution in [-0.2, 0) is 10.2 Å². The molecule has 27 heavy (non-hydrogen) atoms. The monoisotopic (exact) mass is 369 g/mol. The first-order valence-corrected chi connectivity index (χ1v) is 9.42. The highest BCUT2D eigenvalue weighted by Crippen LogP contribution is 2.65. The van der Waals surface area contributed by atoms with Gasteiger partial charge >= 0.3 is 6.01 Å². The van der Waals surface area contributed by atoms with Crippen molar-refractivity contribution in [3.8, 4) is 6.01 Å². The van der Waals surface area contributed by atoms with E-state index in [1.165, 1.54) is 6.07 Å². The first-order chi connectivity index (χ1) is 12.9. The molecule has 0 N–H and O–H groups in total. The van der Waals surface area contributed by atoms with Crippen molar-refractivity contribution < 1.29 is 13.9 Å². The van der Waals surface area contributed by atoms with Crippen LogP contribution in [0.25, 0.3) is 0 Å². The van der Waals surface area contributed by atoms with Gasteiger partial charge in [0.15, 0.2) is 0 Å². The van der Waals surface area contributed by atoms with Crippen molar-refractivity contribution in [2.24, 2.45) is 5.41 Å². The Morgan fingerprint density at radius 2 is 1.78 bits per heavy atom. The highest BCUT2D eigenvalue weighted by Gasteiger charge is 2.68. The summed E-state index contributed by atoms with van der Waals surface area (Å²) >= 11 is 0. The lowest BCUT2D eigenvalue weighted by molar-refractivity contribution is -0.136. The van der Waals surface area contributed by atoms with E-state index in [1.54, 1.807) is 30.6 Å².